The Morgan fingerprint density at radius 1 is 1.57 bits per heavy atom. The quantitative estimate of drug-likeness (QED) is 0.772. The molecule has 2 aromatic heterocycles. The van der Waals surface area contributed by atoms with E-state index < -0.39 is 5.97 Å². The van der Waals surface area contributed by atoms with Crippen molar-refractivity contribution in [3.8, 4) is 0 Å². The molecule has 0 bridgehead atoms. The number of carboxylic acid groups (broad SMARTS) is 1. The van der Waals surface area contributed by atoms with Crippen molar-refractivity contribution in [2.24, 2.45) is 0 Å². The highest BCUT2D eigenvalue weighted by Crippen LogP contribution is 2.01. The van der Waals surface area contributed by atoms with Gasteiger partial charge in [-0.2, -0.15) is 0 Å². The number of nitrogens with zero attached hydrogens (tertiary/aromatic N) is 3. The lowest BCUT2D eigenvalue weighted by Gasteiger charge is -1.94. The number of carboxylic acids is 1. The van der Waals surface area contributed by atoms with Gasteiger partial charge in [-0.25, -0.2) is 14.8 Å². The monoisotopic (exact) mass is 193 g/mol. The molecule has 0 aromatic carbocycles. The van der Waals surface area contributed by atoms with Crippen LogP contribution in [0.1, 0.15) is 16.2 Å². The van der Waals surface area contributed by atoms with E-state index >= 15 is 0 Å². The van der Waals surface area contributed by atoms with Gasteiger partial charge in [-0.3, -0.25) is 0 Å². The minimum atomic E-state index is -1.04. The molecule has 0 atom stereocenters. The summed E-state index contributed by atoms with van der Waals surface area (Å²) in [7, 11) is 0. The zero-order valence-electron chi connectivity index (χ0n) is 7.12. The molecule has 0 amide bonds. The van der Waals surface area contributed by atoms with E-state index in [1.807, 2.05) is 0 Å². The van der Waals surface area contributed by atoms with Crippen LogP contribution in [0.15, 0.2) is 29.6 Å². The minimum Gasteiger partial charge on any atom is -0.476 e. The Balaban J connectivity index is 2.14. The predicted molar refractivity (Wildman–Crippen MR) is 44.8 cm³/mol. The van der Waals surface area contributed by atoms with Gasteiger partial charge >= 0.3 is 5.97 Å². The molecule has 14 heavy (non-hydrogen) atoms. The fourth-order valence-electron chi connectivity index (χ4n) is 1.06. The van der Waals surface area contributed by atoms with Gasteiger partial charge in [-0.15, -0.1) is 0 Å². The highest BCUT2D eigenvalue weighted by molar-refractivity contribution is 5.84. The van der Waals surface area contributed by atoms with Gasteiger partial charge in [0.2, 0.25) is 0 Å². The summed E-state index contributed by atoms with van der Waals surface area (Å²) in [4.78, 5) is 18.1. The van der Waals surface area contributed by atoms with Crippen molar-refractivity contribution in [3.05, 3.63) is 36.6 Å². The topological polar surface area (TPSA) is 81.1 Å². The minimum absolute atomic E-state index is 0.0218. The number of aromatic carboxylic acids is 1. The maximum Gasteiger partial charge on any atom is 0.356 e. The van der Waals surface area contributed by atoms with Gasteiger partial charge < -0.3 is 14.1 Å². The Labute approximate surface area is 78.8 Å². The second-order valence-electron chi connectivity index (χ2n) is 2.72. The van der Waals surface area contributed by atoms with Crippen molar-refractivity contribution in [3.63, 3.8) is 0 Å². The van der Waals surface area contributed by atoms with Gasteiger partial charge in [0.1, 0.15) is 6.26 Å². The Hall–Kier alpha value is -2.11. The van der Waals surface area contributed by atoms with Gasteiger partial charge in [-0.05, 0) is 0 Å². The van der Waals surface area contributed by atoms with Crippen LogP contribution in [0.4, 0.5) is 0 Å². The molecule has 0 aliphatic carbocycles. The van der Waals surface area contributed by atoms with Crippen LogP contribution >= 0.6 is 0 Å². The van der Waals surface area contributed by atoms with Gasteiger partial charge in [0, 0.05) is 6.20 Å². The number of aromatic nitrogens is 3. The van der Waals surface area contributed by atoms with Crippen LogP contribution in [-0.2, 0) is 6.54 Å². The highest BCUT2D eigenvalue weighted by atomic mass is 16.4. The van der Waals surface area contributed by atoms with Crippen LogP contribution in [0.3, 0.4) is 0 Å². The molecule has 0 aliphatic rings. The first-order valence-electron chi connectivity index (χ1n) is 3.88. The van der Waals surface area contributed by atoms with Gasteiger partial charge in [0.25, 0.3) is 0 Å². The van der Waals surface area contributed by atoms with Gasteiger partial charge in [0.15, 0.2) is 12.1 Å². The third-order valence-corrected chi connectivity index (χ3v) is 1.68. The highest BCUT2D eigenvalue weighted by Gasteiger charge is 2.06. The van der Waals surface area contributed by atoms with Crippen LogP contribution in [0.25, 0.3) is 0 Å². The smallest absolute Gasteiger partial charge is 0.356 e. The summed E-state index contributed by atoms with van der Waals surface area (Å²) >= 11 is 0. The lowest BCUT2D eigenvalue weighted by molar-refractivity contribution is 0.0691. The molecule has 0 spiro atoms. The summed E-state index contributed by atoms with van der Waals surface area (Å²) in [6, 6.07) is 0. The fraction of sp³-hybridized carbons (Fsp3) is 0.125. The largest absolute Gasteiger partial charge is 0.476 e. The average Bonchev–Trinajstić information content (AvgIpc) is 2.75. The second-order valence-corrected chi connectivity index (χ2v) is 2.72. The first-order chi connectivity index (χ1) is 6.75. The Bertz CT molecular complexity index is 432. The van der Waals surface area contributed by atoms with E-state index in [0.717, 1.165) is 5.69 Å². The van der Waals surface area contributed by atoms with Gasteiger partial charge in [0.05, 0.1) is 18.6 Å². The molecular weight excluding hydrogens is 186 g/mol. The lowest BCUT2D eigenvalue weighted by atomic mass is 10.4. The normalized spacial score (nSPS) is 10.3. The summed E-state index contributed by atoms with van der Waals surface area (Å²) in [5.74, 6) is -1.04. The van der Waals surface area contributed by atoms with E-state index in [1.165, 1.54) is 25.2 Å². The van der Waals surface area contributed by atoms with Crippen LogP contribution in [0.2, 0.25) is 0 Å². The molecule has 2 aromatic rings. The third-order valence-electron chi connectivity index (χ3n) is 1.68. The maximum absolute atomic E-state index is 10.5. The number of hydrogen-bond acceptors (Lipinski definition) is 4. The molecule has 0 fully saturated rings. The molecule has 0 saturated heterocycles. The number of oxazole rings is 1. The molecule has 1 N–H and O–H groups in total. The Morgan fingerprint density at radius 2 is 2.43 bits per heavy atom. The molecule has 2 rings (SSSR count). The maximum atomic E-state index is 10.5. The van der Waals surface area contributed by atoms with Crippen molar-refractivity contribution in [1.29, 1.82) is 0 Å². The summed E-state index contributed by atoms with van der Waals surface area (Å²) in [5, 5.41) is 8.61. The number of imidazole rings is 1. The Kier molecular flexibility index (Phi) is 2.02. The van der Waals surface area contributed by atoms with E-state index in [1.54, 1.807) is 4.57 Å². The van der Waals surface area contributed by atoms with E-state index in [0.29, 0.717) is 6.54 Å². The molecule has 0 radical (unpaired) electrons. The molecule has 0 saturated carbocycles. The zero-order chi connectivity index (χ0) is 9.97. The second kappa shape index (κ2) is 3.33. The Morgan fingerprint density at radius 3 is 3.00 bits per heavy atom. The first-order valence-corrected chi connectivity index (χ1v) is 3.88. The number of carbonyl (C=O) groups is 1. The zero-order valence-corrected chi connectivity index (χ0v) is 7.12. The molecule has 2 heterocycles. The summed E-state index contributed by atoms with van der Waals surface area (Å²) in [6.07, 6.45) is 5.71. The van der Waals surface area contributed by atoms with E-state index in [9.17, 15) is 4.79 Å². The summed E-state index contributed by atoms with van der Waals surface area (Å²) in [6.45, 7) is 0.455. The van der Waals surface area contributed by atoms with Crippen molar-refractivity contribution in [2.75, 3.05) is 0 Å². The van der Waals surface area contributed by atoms with Crippen LogP contribution in [0.5, 0.6) is 0 Å². The number of rotatable bonds is 3. The van der Waals surface area contributed by atoms with Crippen molar-refractivity contribution in [2.45, 2.75) is 6.54 Å². The first kappa shape index (κ1) is 8.49. The molecule has 6 heteroatoms. The standard InChI is InChI=1S/C8H7N3O3/c12-8(13)7-2-11(4-9-7)1-6-3-14-5-10-6/h2-5H,1H2,(H,12,13). The SMILES string of the molecule is O=C(O)c1cn(Cc2cocn2)cn1. The third kappa shape index (κ3) is 1.63. The molecule has 0 aliphatic heterocycles. The fourth-order valence-corrected chi connectivity index (χ4v) is 1.06. The van der Waals surface area contributed by atoms with E-state index in [2.05, 4.69) is 9.97 Å². The van der Waals surface area contributed by atoms with Gasteiger partial charge in [-0.1, -0.05) is 0 Å². The van der Waals surface area contributed by atoms with Crippen LogP contribution < -0.4 is 0 Å². The predicted octanol–water partition coefficient (Wildman–Crippen LogP) is 0.618. The lowest BCUT2D eigenvalue weighted by Crippen LogP contribution is -1.98. The van der Waals surface area contributed by atoms with Crippen molar-refractivity contribution < 1.29 is 14.3 Å². The summed E-state index contributed by atoms with van der Waals surface area (Å²) < 4.78 is 6.41. The van der Waals surface area contributed by atoms with Crippen molar-refractivity contribution >= 4 is 5.97 Å². The molecule has 0 unspecified atom stereocenters. The average molecular weight is 193 g/mol. The molecule has 72 valence electrons. The van der Waals surface area contributed by atoms with E-state index in [-0.39, 0.29) is 5.69 Å². The summed E-state index contributed by atoms with van der Waals surface area (Å²) in [5.41, 5.74) is 0.743. The van der Waals surface area contributed by atoms with Crippen LogP contribution in [-0.4, -0.2) is 25.6 Å². The molecule has 6 nitrogen and oxygen atoms in total. The van der Waals surface area contributed by atoms with Crippen LogP contribution in [0, 0.1) is 0 Å². The van der Waals surface area contributed by atoms with E-state index in [4.69, 9.17) is 9.52 Å². The van der Waals surface area contributed by atoms with Crippen molar-refractivity contribution in [1.82, 2.24) is 14.5 Å². The molecular formula is C8H7N3O3. The number of hydrogen-bond donors (Lipinski definition) is 1.